The number of ketones is 1. The molecule has 136 valence electrons. The molecule has 5 nitrogen and oxygen atoms in total. The fraction of sp³-hybridized carbons (Fsp3) is 0.286. The van der Waals surface area contributed by atoms with Crippen LogP contribution in [0.4, 0.5) is 5.69 Å². The van der Waals surface area contributed by atoms with Crippen molar-refractivity contribution in [1.82, 2.24) is 5.32 Å². The summed E-state index contributed by atoms with van der Waals surface area (Å²) < 4.78 is 0. The Morgan fingerprint density at radius 3 is 2.15 bits per heavy atom. The maximum Gasteiger partial charge on any atom is 0.255 e. The van der Waals surface area contributed by atoms with Crippen LogP contribution in [0.1, 0.15) is 58.3 Å². The Labute approximate surface area is 153 Å². The molecule has 0 atom stereocenters. The van der Waals surface area contributed by atoms with Crippen molar-refractivity contribution in [2.45, 2.75) is 27.2 Å². The number of hydrogen-bond acceptors (Lipinski definition) is 3. The summed E-state index contributed by atoms with van der Waals surface area (Å²) in [6.45, 7) is 6.27. The molecule has 2 aromatic carbocycles. The van der Waals surface area contributed by atoms with Gasteiger partial charge in [0.2, 0.25) is 0 Å². The molecule has 26 heavy (non-hydrogen) atoms. The molecule has 0 aliphatic heterocycles. The largest absolute Gasteiger partial charge is 0.352 e. The molecule has 0 unspecified atom stereocenters. The Bertz CT molecular complexity index is 812. The second-order valence-electron chi connectivity index (χ2n) is 6.61. The highest BCUT2D eigenvalue weighted by Gasteiger charge is 2.11. The number of amides is 2. The molecule has 0 saturated heterocycles. The number of carbonyl (C=O) groups excluding carboxylic acids is 3. The lowest BCUT2D eigenvalue weighted by Crippen LogP contribution is -2.25. The summed E-state index contributed by atoms with van der Waals surface area (Å²) in [4.78, 5) is 36.1. The van der Waals surface area contributed by atoms with Crippen molar-refractivity contribution in [3.8, 4) is 0 Å². The van der Waals surface area contributed by atoms with Crippen LogP contribution in [0, 0.1) is 5.92 Å². The zero-order chi connectivity index (χ0) is 19.1. The second kappa shape index (κ2) is 8.94. The zero-order valence-corrected chi connectivity index (χ0v) is 15.3. The van der Waals surface area contributed by atoms with Crippen molar-refractivity contribution in [2.24, 2.45) is 5.92 Å². The van der Waals surface area contributed by atoms with Crippen LogP contribution in [-0.2, 0) is 0 Å². The van der Waals surface area contributed by atoms with Gasteiger partial charge in [0.05, 0.1) is 0 Å². The molecule has 0 aromatic heterocycles. The summed E-state index contributed by atoms with van der Waals surface area (Å²) in [5.74, 6) is -0.0826. The van der Waals surface area contributed by atoms with Gasteiger partial charge in [-0.1, -0.05) is 32.0 Å². The molecular formula is C21H24N2O3. The van der Waals surface area contributed by atoms with E-state index in [9.17, 15) is 14.4 Å². The molecule has 0 fully saturated rings. The minimum absolute atomic E-state index is 0.0684. The summed E-state index contributed by atoms with van der Waals surface area (Å²) in [6, 6.07) is 13.3. The van der Waals surface area contributed by atoms with E-state index in [4.69, 9.17) is 0 Å². The number of Topliss-reactive ketones (excluding diaryl/α,β-unsaturated/α-hetero) is 1. The highest BCUT2D eigenvalue weighted by Crippen LogP contribution is 2.14. The van der Waals surface area contributed by atoms with Crippen molar-refractivity contribution < 1.29 is 14.4 Å². The van der Waals surface area contributed by atoms with Gasteiger partial charge in [0, 0.05) is 28.9 Å². The molecule has 2 amide bonds. The molecule has 0 bridgehead atoms. The smallest absolute Gasteiger partial charge is 0.255 e. The summed E-state index contributed by atoms with van der Waals surface area (Å²) in [5, 5.41) is 5.61. The van der Waals surface area contributed by atoms with Crippen LogP contribution in [0.3, 0.4) is 0 Å². The van der Waals surface area contributed by atoms with Crippen LogP contribution in [-0.4, -0.2) is 24.1 Å². The van der Waals surface area contributed by atoms with Gasteiger partial charge in [0.1, 0.15) is 0 Å². The maximum atomic E-state index is 12.4. The Hall–Kier alpha value is -2.95. The monoisotopic (exact) mass is 352 g/mol. The van der Waals surface area contributed by atoms with Crippen LogP contribution in [0.15, 0.2) is 48.5 Å². The SMILES string of the molecule is CC(=O)c1cccc(NC(=O)c2cccc(C(=O)NCCC(C)C)c2)c1. The average Bonchev–Trinajstić information content (AvgIpc) is 2.61. The Morgan fingerprint density at radius 1 is 0.885 bits per heavy atom. The van der Waals surface area contributed by atoms with Gasteiger partial charge in [-0.25, -0.2) is 0 Å². The number of hydrogen-bond donors (Lipinski definition) is 2. The fourth-order valence-electron chi connectivity index (χ4n) is 2.40. The minimum atomic E-state index is -0.331. The standard InChI is InChI=1S/C21H24N2O3/c1-14(2)10-11-22-20(25)17-7-4-8-18(12-17)21(26)23-19-9-5-6-16(13-19)15(3)24/h4-9,12-14H,10-11H2,1-3H3,(H,22,25)(H,23,26). The third-order valence-corrected chi connectivity index (χ3v) is 3.92. The van der Waals surface area contributed by atoms with Gasteiger partial charge in [-0.05, 0) is 49.6 Å². The third kappa shape index (κ3) is 5.55. The quantitative estimate of drug-likeness (QED) is 0.742. The molecule has 0 radical (unpaired) electrons. The predicted octanol–water partition coefficient (Wildman–Crippen LogP) is 3.92. The predicted molar refractivity (Wildman–Crippen MR) is 103 cm³/mol. The Balaban J connectivity index is 2.06. The second-order valence-corrected chi connectivity index (χ2v) is 6.61. The molecule has 0 aliphatic carbocycles. The first-order valence-electron chi connectivity index (χ1n) is 8.67. The summed E-state index contributed by atoms with van der Waals surface area (Å²) >= 11 is 0. The number of nitrogens with one attached hydrogen (secondary N) is 2. The lowest BCUT2D eigenvalue weighted by molar-refractivity contribution is 0.0951. The first-order valence-corrected chi connectivity index (χ1v) is 8.67. The third-order valence-electron chi connectivity index (χ3n) is 3.92. The maximum absolute atomic E-state index is 12.4. The number of anilines is 1. The molecule has 0 saturated carbocycles. The highest BCUT2D eigenvalue weighted by atomic mass is 16.2. The van der Waals surface area contributed by atoms with Gasteiger partial charge >= 0.3 is 0 Å². The number of benzene rings is 2. The van der Waals surface area contributed by atoms with Crippen LogP contribution in [0.25, 0.3) is 0 Å². The van der Waals surface area contributed by atoms with Gasteiger partial charge in [0.25, 0.3) is 11.8 Å². The normalized spacial score (nSPS) is 10.5. The van der Waals surface area contributed by atoms with E-state index in [0.717, 1.165) is 6.42 Å². The Morgan fingerprint density at radius 2 is 1.50 bits per heavy atom. The van der Waals surface area contributed by atoms with E-state index in [1.54, 1.807) is 48.5 Å². The lowest BCUT2D eigenvalue weighted by Gasteiger charge is -2.09. The van der Waals surface area contributed by atoms with Gasteiger partial charge in [-0.15, -0.1) is 0 Å². The summed E-state index contributed by atoms with van der Waals surface area (Å²) in [5.41, 5.74) is 1.89. The van der Waals surface area contributed by atoms with Crippen LogP contribution >= 0.6 is 0 Å². The molecule has 5 heteroatoms. The van der Waals surface area contributed by atoms with Crippen LogP contribution in [0.2, 0.25) is 0 Å². The first-order chi connectivity index (χ1) is 12.4. The number of rotatable bonds is 7. The highest BCUT2D eigenvalue weighted by molar-refractivity contribution is 6.06. The summed E-state index contributed by atoms with van der Waals surface area (Å²) in [6.07, 6.45) is 0.901. The molecule has 0 spiro atoms. The van der Waals surface area contributed by atoms with Crippen LogP contribution in [0.5, 0.6) is 0 Å². The lowest BCUT2D eigenvalue weighted by atomic mass is 10.1. The van der Waals surface area contributed by atoms with Gasteiger partial charge in [-0.3, -0.25) is 14.4 Å². The fourth-order valence-corrected chi connectivity index (χ4v) is 2.40. The zero-order valence-electron chi connectivity index (χ0n) is 15.3. The van der Waals surface area contributed by atoms with Crippen molar-refractivity contribution in [1.29, 1.82) is 0 Å². The van der Waals surface area contributed by atoms with E-state index in [2.05, 4.69) is 24.5 Å². The van der Waals surface area contributed by atoms with E-state index in [1.165, 1.54) is 6.92 Å². The molecule has 0 aliphatic rings. The van der Waals surface area contributed by atoms with Gasteiger partial charge < -0.3 is 10.6 Å². The van der Waals surface area contributed by atoms with E-state index in [-0.39, 0.29) is 17.6 Å². The minimum Gasteiger partial charge on any atom is -0.352 e. The van der Waals surface area contributed by atoms with E-state index >= 15 is 0 Å². The molecule has 2 N–H and O–H groups in total. The van der Waals surface area contributed by atoms with E-state index in [1.807, 2.05) is 0 Å². The van der Waals surface area contributed by atoms with Gasteiger partial charge in [0.15, 0.2) is 5.78 Å². The Kier molecular flexibility index (Phi) is 6.67. The molecule has 2 aromatic rings. The number of carbonyl (C=O) groups is 3. The molecule has 2 rings (SSSR count). The average molecular weight is 352 g/mol. The van der Waals surface area contributed by atoms with Crippen molar-refractivity contribution in [2.75, 3.05) is 11.9 Å². The topological polar surface area (TPSA) is 75.3 Å². The molecular weight excluding hydrogens is 328 g/mol. The van der Waals surface area contributed by atoms with Crippen molar-refractivity contribution >= 4 is 23.3 Å². The first kappa shape index (κ1) is 19.4. The van der Waals surface area contributed by atoms with Crippen molar-refractivity contribution in [3.63, 3.8) is 0 Å². The van der Waals surface area contributed by atoms with E-state index in [0.29, 0.717) is 34.8 Å². The van der Waals surface area contributed by atoms with Crippen LogP contribution < -0.4 is 10.6 Å². The molecule has 0 heterocycles. The van der Waals surface area contributed by atoms with Gasteiger partial charge in [-0.2, -0.15) is 0 Å². The summed E-state index contributed by atoms with van der Waals surface area (Å²) in [7, 11) is 0. The van der Waals surface area contributed by atoms with E-state index < -0.39 is 0 Å². The van der Waals surface area contributed by atoms with Crippen molar-refractivity contribution in [3.05, 3.63) is 65.2 Å².